The van der Waals surface area contributed by atoms with Crippen LogP contribution >= 0.6 is 11.3 Å². The minimum Gasteiger partial charge on any atom is -0.322 e. The van der Waals surface area contributed by atoms with Gasteiger partial charge >= 0.3 is 0 Å². The number of thiophene rings is 1. The molecule has 130 valence electrons. The van der Waals surface area contributed by atoms with Crippen molar-refractivity contribution in [3.05, 3.63) is 81.5 Å². The first-order valence-electron chi connectivity index (χ1n) is 8.57. The third-order valence-corrected chi connectivity index (χ3v) is 5.37. The van der Waals surface area contributed by atoms with Gasteiger partial charge in [0.2, 0.25) is 0 Å². The number of fused-ring (bicyclic) bond motifs is 1. The zero-order valence-corrected chi connectivity index (χ0v) is 14.9. The second-order valence-electron chi connectivity index (χ2n) is 6.30. The average Bonchev–Trinajstić information content (AvgIpc) is 3.33. The van der Waals surface area contributed by atoms with Gasteiger partial charge in [-0.25, -0.2) is 0 Å². The lowest BCUT2D eigenvalue weighted by molar-refractivity contribution is 0.102. The summed E-state index contributed by atoms with van der Waals surface area (Å²) in [4.78, 5) is 25.1. The molecule has 3 aromatic rings. The van der Waals surface area contributed by atoms with E-state index in [-0.39, 0.29) is 11.8 Å². The van der Waals surface area contributed by atoms with Crippen molar-refractivity contribution < 1.29 is 9.59 Å². The van der Waals surface area contributed by atoms with Gasteiger partial charge < -0.3 is 10.6 Å². The van der Waals surface area contributed by atoms with Gasteiger partial charge in [0.25, 0.3) is 11.8 Å². The van der Waals surface area contributed by atoms with Crippen LogP contribution in [0.25, 0.3) is 0 Å². The summed E-state index contributed by atoms with van der Waals surface area (Å²) in [6.07, 6.45) is 3.39. The lowest BCUT2D eigenvalue weighted by Gasteiger charge is -2.09. The molecule has 0 saturated carbocycles. The van der Waals surface area contributed by atoms with Crippen LogP contribution in [0.2, 0.25) is 0 Å². The predicted molar refractivity (Wildman–Crippen MR) is 105 cm³/mol. The monoisotopic (exact) mass is 362 g/mol. The van der Waals surface area contributed by atoms with Crippen molar-refractivity contribution in [2.75, 3.05) is 10.6 Å². The van der Waals surface area contributed by atoms with Gasteiger partial charge in [0.15, 0.2) is 0 Å². The van der Waals surface area contributed by atoms with Crippen molar-refractivity contribution in [3.8, 4) is 0 Å². The summed E-state index contributed by atoms with van der Waals surface area (Å²) in [6, 6.07) is 16.6. The summed E-state index contributed by atoms with van der Waals surface area (Å²) in [5.74, 6) is -0.297. The molecule has 0 aliphatic heterocycles. The van der Waals surface area contributed by atoms with Crippen molar-refractivity contribution >= 4 is 34.5 Å². The van der Waals surface area contributed by atoms with Crippen LogP contribution in [-0.4, -0.2) is 11.8 Å². The van der Waals surface area contributed by atoms with Crippen molar-refractivity contribution in [3.63, 3.8) is 0 Å². The lowest BCUT2D eigenvalue weighted by Crippen LogP contribution is -2.13. The predicted octanol–water partition coefficient (Wildman–Crippen LogP) is 4.74. The van der Waals surface area contributed by atoms with Crippen LogP contribution in [0, 0.1) is 0 Å². The Morgan fingerprint density at radius 2 is 1.54 bits per heavy atom. The van der Waals surface area contributed by atoms with Crippen LogP contribution in [0.5, 0.6) is 0 Å². The van der Waals surface area contributed by atoms with Gasteiger partial charge in [-0.05, 0) is 78.2 Å². The minimum absolute atomic E-state index is 0.143. The molecule has 1 aromatic heterocycles. The number of rotatable bonds is 4. The largest absolute Gasteiger partial charge is 0.322 e. The number of amides is 2. The number of carbonyl (C=O) groups is 2. The number of hydrogen-bond acceptors (Lipinski definition) is 3. The molecule has 26 heavy (non-hydrogen) atoms. The van der Waals surface area contributed by atoms with Crippen LogP contribution < -0.4 is 10.6 Å². The smallest absolute Gasteiger partial charge is 0.265 e. The molecular weight excluding hydrogens is 344 g/mol. The van der Waals surface area contributed by atoms with Crippen LogP contribution in [-0.2, 0) is 12.8 Å². The minimum atomic E-state index is -0.154. The number of aryl methyl sites for hydroxylation is 2. The van der Waals surface area contributed by atoms with Crippen molar-refractivity contribution in [1.29, 1.82) is 0 Å². The Morgan fingerprint density at radius 1 is 0.808 bits per heavy atom. The van der Waals surface area contributed by atoms with E-state index >= 15 is 0 Å². The normalized spacial score (nSPS) is 12.5. The maximum absolute atomic E-state index is 12.4. The van der Waals surface area contributed by atoms with Crippen LogP contribution in [0.4, 0.5) is 11.4 Å². The van der Waals surface area contributed by atoms with Crippen molar-refractivity contribution in [2.24, 2.45) is 0 Å². The zero-order chi connectivity index (χ0) is 17.9. The highest BCUT2D eigenvalue weighted by molar-refractivity contribution is 7.12. The summed E-state index contributed by atoms with van der Waals surface area (Å²) < 4.78 is 0. The Labute approximate surface area is 155 Å². The van der Waals surface area contributed by atoms with Gasteiger partial charge in [-0.3, -0.25) is 9.59 Å². The highest BCUT2D eigenvalue weighted by atomic mass is 32.1. The molecule has 2 amide bonds. The second kappa shape index (κ2) is 7.14. The molecule has 1 aliphatic rings. The zero-order valence-electron chi connectivity index (χ0n) is 14.1. The molecule has 0 fully saturated rings. The first-order chi connectivity index (χ1) is 12.7. The Hall–Kier alpha value is -2.92. The topological polar surface area (TPSA) is 58.2 Å². The van der Waals surface area contributed by atoms with E-state index in [4.69, 9.17) is 0 Å². The molecule has 4 rings (SSSR count). The van der Waals surface area contributed by atoms with Gasteiger partial charge in [0, 0.05) is 16.9 Å². The van der Waals surface area contributed by atoms with E-state index < -0.39 is 0 Å². The first kappa shape index (κ1) is 16.5. The summed E-state index contributed by atoms with van der Waals surface area (Å²) in [7, 11) is 0. The van der Waals surface area contributed by atoms with Gasteiger partial charge in [0.1, 0.15) is 0 Å². The van der Waals surface area contributed by atoms with E-state index in [2.05, 4.69) is 22.8 Å². The lowest BCUT2D eigenvalue weighted by atomic mass is 10.1. The fraction of sp³-hybridized carbons (Fsp3) is 0.143. The van der Waals surface area contributed by atoms with E-state index in [0.717, 1.165) is 18.5 Å². The quantitative estimate of drug-likeness (QED) is 0.704. The van der Waals surface area contributed by atoms with Crippen LogP contribution in [0.1, 0.15) is 37.6 Å². The fourth-order valence-electron chi connectivity index (χ4n) is 3.16. The summed E-state index contributed by atoms with van der Waals surface area (Å²) >= 11 is 1.39. The van der Waals surface area contributed by atoms with Gasteiger partial charge in [-0.2, -0.15) is 0 Å². The Kier molecular flexibility index (Phi) is 4.54. The molecule has 1 aliphatic carbocycles. The van der Waals surface area contributed by atoms with Gasteiger partial charge in [-0.1, -0.05) is 12.1 Å². The molecule has 2 N–H and O–H groups in total. The van der Waals surface area contributed by atoms with E-state index in [9.17, 15) is 9.59 Å². The fourth-order valence-corrected chi connectivity index (χ4v) is 3.78. The average molecular weight is 362 g/mol. The van der Waals surface area contributed by atoms with Gasteiger partial charge in [0.05, 0.1) is 4.88 Å². The van der Waals surface area contributed by atoms with E-state index in [1.807, 2.05) is 17.5 Å². The van der Waals surface area contributed by atoms with E-state index in [1.165, 1.54) is 28.9 Å². The number of benzene rings is 2. The molecule has 2 aromatic carbocycles. The molecule has 0 radical (unpaired) electrons. The first-order valence-corrected chi connectivity index (χ1v) is 9.45. The SMILES string of the molecule is O=C(Nc1ccc2c(c1)CCC2)c1ccc(NC(=O)c2cccs2)cc1. The number of carbonyl (C=O) groups excluding carboxylic acids is 2. The number of hydrogen-bond donors (Lipinski definition) is 2. The standard InChI is InChI=1S/C21H18N2O2S/c24-20(23-18-11-6-14-3-1-4-16(14)13-18)15-7-9-17(10-8-15)22-21(25)19-5-2-12-26-19/h2,5-13H,1,3-4H2,(H,22,25)(H,23,24). The van der Waals surface area contributed by atoms with E-state index in [0.29, 0.717) is 16.1 Å². The highest BCUT2D eigenvalue weighted by Gasteiger charge is 2.13. The van der Waals surface area contributed by atoms with Crippen LogP contribution in [0.15, 0.2) is 60.0 Å². The Morgan fingerprint density at radius 3 is 2.31 bits per heavy atom. The highest BCUT2D eigenvalue weighted by Crippen LogP contribution is 2.25. The molecule has 0 atom stereocenters. The Bertz CT molecular complexity index is 947. The second-order valence-corrected chi connectivity index (χ2v) is 7.25. The summed E-state index contributed by atoms with van der Waals surface area (Å²) in [5, 5.41) is 7.64. The summed E-state index contributed by atoms with van der Waals surface area (Å²) in [6.45, 7) is 0. The molecule has 1 heterocycles. The maximum atomic E-state index is 12.4. The molecule has 0 unspecified atom stereocenters. The third kappa shape index (κ3) is 3.53. The van der Waals surface area contributed by atoms with E-state index in [1.54, 1.807) is 30.3 Å². The molecule has 0 spiro atoms. The van der Waals surface area contributed by atoms with Crippen molar-refractivity contribution in [2.45, 2.75) is 19.3 Å². The molecule has 4 nitrogen and oxygen atoms in total. The molecular formula is C21H18N2O2S. The number of nitrogens with one attached hydrogen (secondary N) is 2. The molecule has 0 bridgehead atoms. The molecule has 0 saturated heterocycles. The Balaban J connectivity index is 1.41. The molecule has 5 heteroatoms. The number of anilines is 2. The maximum Gasteiger partial charge on any atom is 0.265 e. The summed E-state index contributed by atoms with van der Waals surface area (Å²) in [5.41, 5.74) is 4.76. The van der Waals surface area contributed by atoms with Gasteiger partial charge in [-0.15, -0.1) is 11.3 Å². The van der Waals surface area contributed by atoms with Crippen molar-refractivity contribution in [1.82, 2.24) is 0 Å². The third-order valence-electron chi connectivity index (χ3n) is 4.51. The van der Waals surface area contributed by atoms with Crippen LogP contribution in [0.3, 0.4) is 0 Å².